The Kier molecular flexibility index (Phi) is 2.18. The van der Waals surface area contributed by atoms with Crippen molar-refractivity contribution in [1.82, 2.24) is 19.9 Å². The molecule has 0 atom stereocenters. The van der Waals surface area contributed by atoms with Crippen LogP contribution in [0.15, 0.2) is 31.1 Å². The van der Waals surface area contributed by atoms with Gasteiger partial charge in [-0.15, -0.1) is 0 Å². The average molecular weight is 175 g/mol. The molecule has 0 aliphatic carbocycles. The molecule has 0 unspecified atom stereocenters. The summed E-state index contributed by atoms with van der Waals surface area (Å²) >= 11 is 0. The summed E-state index contributed by atoms with van der Waals surface area (Å²) in [5.41, 5.74) is 1.02. The van der Waals surface area contributed by atoms with Crippen LogP contribution in [0.2, 0.25) is 0 Å². The first-order chi connectivity index (χ1) is 6.45. The number of aromatic nitrogens is 4. The van der Waals surface area contributed by atoms with Gasteiger partial charge in [-0.1, -0.05) is 0 Å². The van der Waals surface area contributed by atoms with Gasteiger partial charge < -0.3 is 10.3 Å². The quantitative estimate of drug-likeness (QED) is 0.724. The summed E-state index contributed by atoms with van der Waals surface area (Å²) in [6.07, 6.45) is 8.38. The highest BCUT2D eigenvalue weighted by molar-refractivity contribution is 5.30. The molecule has 0 saturated heterocycles. The number of anilines is 1. The summed E-state index contributed by atoms with van der Waals surface area (Å²) in [7, 11) is 0. The van der Waals surface area contributed by atoms with Crippen molar-refractivity contribution in [3.05, 3.63) is 36.8 Å². The van der Waals surface area contributed by atoms with Gasteiger partial charge in [-0.25, -0.2) is 9.97 Å². The SMILES string of the molecule is c1cnc(NCc2cnc[nH]2)cn1. The Hall–Kier alpha value is -1.91. The van der Waals surface area contributed by atoms with Gasteiger partial charge >= 0.3 is 0 Å². The minimum absolute atomic E-state index is 0.679. The van der Waals surface area contributed by atoms with E-state index in [1.165, 1.54) is 0 Å². The van der Waals surface area contributed by atoms with Crippen molar-refractivity contribution in [3.63, 3.8) is 0 Å². The van der Waals surface area contributed by atoms with Gasteiger partial charge in [-0.2, -0.15) is 0 Å². The highest BCUT2D eigenvalue weighted by atomic mass is 15.0. The summed E-state index contributed by atoms with van der Waals surface area (Å²) in [6.45, 7) is 0.679. The third-order valence-corrected chi connectivity index (χ3v) is 1.58. The second-order valence-electron chi connectivity index (χ2n) is 2.52. The van der Waals surface area contributed by atoms with Gasteiger partial charge in [0.2, 0.25) is 0 Å². The van der Waals surface area contributed by atoms with Gasteiger partial charge in [-0.05, 0) is 0 Å². The molecule has 2 aromatic rings. The van der Waals surface area contributed by atoms with Crippen molar-refractivity contribution in [2.24, 2.45) is 0 Å². The summed E-state index contributed by atoms with van der Waals surface area (Å²) in [5, 5.41) is 3.10. The minimum atomic E-state index is 0.679. The number of hydrogen-bond acceptors (Lipinski definition) is 4. The van der Waals surface area contributed by atoms with Gasteiger partial charge in [0, 0.05) is 18.6 Å². The van der Waals surface area contributed by atoms with Crippen LogP contribution in [0.1, 0.15) is 5.69 Å². The van der Waals surface area contributed by atoms with Crippen LogP contribution in [0.3, 0.4) is 0 Å². The molecule has 0 spiro atoms. The molecule has 0 aromatic carbocycles. The van der Waals surface area contributed by atoms with Crippen molar-refractivity contribution < 1.29 is 0 Å². The van der Waals surface area contributed by atoms with Crippen LogP contribution < -0.4 is 5.32 Å². The molecule has 13 heavy (non-hydrogen) atoms. The molecule has 5 nitrogen and oxygen atoms in total. The second kappa shape index (κ2) is 3.66. The van der Waals surface area contributed by atoms with Crippen LogP contribution in [0, 0.1) is 0 Å². The third-order valence-electron chi connectivity index (χ3n) is 1.58. The molecule has 0 amide bonds. The lowest BCUT2D eigenvalue weighted by Crippen LogP contribution is -2.01. The van der Waals surface area contributed by atoms with E-state index >= 15 is 0 Å². The lowest BCUT2D eigenvalue weighted by Gasteiger charge is -2.01. The smallest absolute Gasteiger partial charge is 0.144 e. The molecule has 66 valence electrons. The van der Waals surface area contributed by atoms with E-state index < -0.39 is 0 Å². The van der Waals surface area contributed by atoms with E-state index in [4.69, 9.17) is 0 Å². The van der Waals surface area contributed by atoms with E-state index in [9.17, 15) is 0 Å². The molecule has 2 heterocycles. The Labute approximate surface area is 75.3 Å². The lowest BCUT2D eigenvalue weighted by atomic mass is 10.5. The van der Waals surface area contributed by atoms with Gasteiger partial charge in [0.05, 0.1) is 24.8 Å². The molecular weight excluding hydrogens is 166 g/mol. The van der Waals surface area contributed by atoms with E-state index in [1.54, 1.807) is 31.1 Å². The van der Waals surface area contributed by atoms with E-state index in [-0.39, 0.29) is 0 Å². The molecule has 5 heteroatoms. The zero-order valence-corrected chi connectivity index (χ0v) is 6.94. The fourth-order valence-electron chi connectivity index (χ4n) is 0.958. The summed E-state index contributed by atoms with van der Waals surface area (Å²) in [4.78, 5) is 14.9. The summed E-state index contributed by atoms with van der Waals surface area (Å²) in [5.74, 6) is 0.761. The Morgan fingerprint density at radius 2 is 2.23 bits per heavy atom. The fourth-order valence-corrected chi connectivity index (χ4v) is 0.958. The zero-order chi connectivity index (χ0) is 8.93. The van der Waals surface area contributed by atoms with Crippen LogP contribution in [0.25, 0.3) is 0 Å². The van der Waals surface area contributed by atoms with Gasteiger partial charge in [0.15, 0.2) is 0 Å². The van der Waals surface area contributed by atoms with E-state index in [0.717, 1.165) is 11.5 Å². The van der Waals surface area contributed by atoms with Crippen molar-refractivity contribution in [3.8, 4) is 0 Å². The Bertz CT molecular complexity index is 342. The van der Waals surface area contributed by atoms with Crippen LogP contribution in [-0.4, -0.2) is 19.9 Å². The third kappa shape index (κ3) is 2.02. The summed E-state index contributed by atoms with van der Waals surface area (Å²) < 4.78 is 0. The molecule has 0 aliphatic rings. The largest absolute Gasteiger partial charge is 0.363 e. The first-order valence-electron chi connectivity index (χ1n) is 3.92. The Morgan fingerprint density at radius 1 is 1.23 bits per heavy atom. The van der Waals surface area contributed by atoms with E-state index in [0.29, 0.717) is 6.54 Å². The molecule has 2 N–H and O–H groups in total. The molecule has 0 bridgehead atoms. The minimum Gasteiger partial charge on any atom is -0.363 e. The molecule has 0 radical (unpaired) electrons. The summed E-state index contributed by atoms with van der Waals surface area (Å²) in [6, 6.07) is 0. The Morgan fingerprint density at radius 3 is 2.92 bits per heavy atom. The molecule has 0 saturated carbocycles. The van der Waals surface area contributed by atoms with Crippen molar-refractivity contribution in [2.45, 2.75) is 6.54 Å². The first kappa shape index (κ1) is 7.72. The van der Waals surface area contributed by atoms with Crippen LogP contribution in [-0.2, 0) is 6.54 Å². The lowest BCUT2D eigenvalue weighted by molar-refractivity contribution is 1.04. The molecule has 2 rings (SSSR count). The number of nitrogens with one attached hydrogen (secondary N) is 2. The number of H-pyrrole nitrogens is 1. The number of rotatable bonds is 3. The molecule has 2 aromatic heterocycles. The molecular formula is C8H9N5. The molecule has 0 fully saturated rings. The average Bonchev–Trinajstić information content (AvgIpc) is 2.69. The number of aromatic amines is 1. The predicted octanol–water partition coefficient (Wildman–Crippen LogP) is 0.812. The van der Waals surface area contributed by atoms with Crippen LogP contribution in [0.5, 0.6) is 0 Å². The normalized spacial score (nSPS) is 9.85. The van der Waals surface area contributed by atoms with Crippen molar-refractivity contribution >= 4 is 5.82 Å². The highest BCUT2D eigenvalue weighted by Gasteiger charge is 1.94. The second-order valence-corrected chi connectivity index (χ2v) is 2.52. The zero-order valence-electron chi connectivity index (χ0n) is 6.94. The van der Waals surface area contributed by atoms with Crippen molar-refractivity contribution in [1.29, 1.82) is 0 Å². The standard InChI is InChI=1S/C8H9N5/c1-2-11-8(5-9-1)12-4-7-3-10-6-13-7/h1-3,5-6H,4H2,(H,10,13)(H,11,12). The van der Waals surface area contributed by atoms with Gasteiger partial charge in [-0.3, -0.25) is 4.98 Å². The maximum Gasteiger partial charge on any atom is 0.144 e. The Balaban J connectivity index is 1.94. The van der Waals surface area contributed by atoms with E-state index in [1.807, 2.05) is 0 Å². The van der Waals surface area contributed by atoms with Gasteiger partial charge in [0.25, 0.3) is 0 Å². The van der Waals surface area contributed by atoms with E-state index in [2.05, 4.69) is 25.3 Å². The first-order valence-corrected chi connectivity index (χ1v) is 3.92. The van der Waals surface area contributed by atoms with Gasteiger partial charge in [0.1, 0.15) is 5.82 Å². The van der Waals surface area contributed by atoms with Crippen molar-refractivity contribution in [2.75, 3.05) is 5.32 Å². The van der Waals surface area contributed by atoms with Crippen LogP contribution >= 0.6 is 0 Å². The number of hydrogen-bond donors (Lipinski definition) is 2. The topological polar surface area (TPSA) is 66.5 Å². The highest BCUT2D eigenvalue weighted by Crippen LogP contribution is 1.99. The predicted molar refractivity (Wildman–Crippen MR) is 47.9 cm³/mol. The maximum absolute atomic E-state index is 4.07. The van der Waals surface area contributed by atoms with Crippen LogP contribution in [0.4, 0.5) is 5.82 Å². The number of nitrogens with zero attached hydrogens (tertiary/aromatic N) is 3. The fraction of sp³-hybridized carbons (Fsp3) is 0.125. The maximum atomic E-state index is 4.07. The molecule has 0 aliphatic heterocycles. The monoisotopic (exact) mass is 175 g/mol. The number of imidazole rings is 1.